The van der Waals surface area contributed by atoms with Crippen LogP contribution in [0.5, 0.6) is 0 Å². The molecule has 2 fully saturated rings. The van der Waals surface area contributed by atoms with Gasteiger partial charge in [-0.05, 0) is 46.0 Å². The van der Waals surface area contributed by atoms with Gasteiger partial charge in [0.05, 0.1) is 0 Å². The van der Waals surface area contributed by atoms with Crippen LogP contribution in [0, 0.1) is 5.92 Å². The summed E-state index contributed by atoms with van der Waals surface area (Å²) in [5, 5.41) is 3.13. The van der Waals surface area contributed by atoms with Gasteiger partial charge in [-0.3, -0.25) is 9.69 Å². The molecule has 1 atom stereocenters. The van der Waals surface area contributed by atoms with E-state index in [1.807, 2.05) is 20.8 Å². The molecule has 1 unspecified atom stereocenters. The number of amides is 2. The Hall–Kier alpha value is -1.01. The molecule has 1 saturated heterocycles. The zero-order valence-electron chi connectivity index (χ0n) is 17.8. The first-order valence-corrected chi connectivity index (χ1v) is 11.4. The number of nitrogens with zero attached hydrogens (tertiary/aromatic N) is 2. The molecule has 1 aliphatic heterocycles. The molecule has 7 heteroatoms. The van der Waals surface area contributed by atoms with Crippen LogP contribution in [-0.4, -0.2) is 72.0 Å². The number of alkyl halides is 1. The van der Waals surface area contributed by atoms with Crippen LogP contribution in [0.1, 0.15) is 65.7 Å². The van der Waals surface area contributed by atoms with Gasteiger partial charge in [-0.25, -0.2) is 4.79 Å². The summed E-state index contributed by atoms with van der Waals surface area (Å²) >= 11 is 5.70. The molecule has 0 bridgehead atoms. The lowest BCUT2D eigenvalue weighted by Gasteiger charge is -2.43. The predicted octanol–water partition coefficient (Wildman–Crippen LogP) is 3.62. The molecule has 0 aromatic carbocycles. The maximum Gasteiger partial charge on any atom is 0.410 e. The number of halogens is 1. The molecule has 1 aliphatic carbocycles. The number of nitrogens with one attached hydrogen (secondary N) is 1. The number of piperazine rings is 1. The molecule has 28 heavy (non-hydrogen) atoms. The summed E-state index contributed by atoms with van der Waals surface area (Å²) < 4.78 is 5.51. The van der Waals surface area contributed by atoms with Crippen LogP contribution in [0.3, 0.4) is 0 Å². The topological polar surface area (TPSA) is 61.9 Å². The Morgan fingerprint density at radius 3 is 2.32 bits per heavy atom. The zero-order valence-corrected chi connectivity index (χ0v) is 18.6. The number of carbonyl (C=O) groups is 2. The third kappa shape index (κ3) is 7.78. The average molecular weight is 416 g/mol. The fourth-order valence-electron chi connectivity index (χ4n) is 4.21. The molecule has 0 spiro atoms. The summed E-state index contributed by atoms with van der Waals surface area (Å²) in [5.41, 5.74) is -0.466. The van der Waals surface area contributed by atoms with Gasteiger partial charge in [-0.1, -0.05) is 19.3 Å². The van der Waals surface area contributed by atoms with Gasteiger partial charge >= 0.3 is 6.09 Å². The smallest absolute Gasteiger partial charge is 0.410 e. The number of ether oxygens (including phenoxy) is 1. The molecule has 0 radical (unpaired) electrons. The molecule has 2 rings (SSSR count). The lowest BCUT2D eigenvalue weighted by atomic mass is 9.83. The highest BCUT2D eigenvalue weighted by Gasteiger charge is 2.33. The van der Waals surface area contributed by atoms with E-state index in [9.17, 15) is 9.59 Å². The number of hydrogen-bond donors (Lipinski definition) is 1. The summed E-state index contributed by atoms with van der Waals surface area (Å²) in [5.74, 6) is 1.23. The van der Waals surface area contributed by atoms with Crippen LogP contribution >= 0.6 is 11.6 Å². The molecule has 162 valence electrons. The average Bonchev–Trinajstić information content (AvgIpc) is 2.66. The van der Waals surface area contributed by atoms with Crippen molar-refractivity contribution in [2.75, 3.05) is 38.6 Å². The third-order valence-corrected chi connectivity index (χ3v) is 5.94. The summed E-state index contributed by atoms with van der Waals surface area (Å²) in [7, 11) is 0. The first kappa shape index (κ1) is 23.3. The first-order chi connectivity index (χ1) is 13.3. The molecular formula is C21H38ClN3O3. The summed E-state index contributed by atoms with van der Waals surface area (Å²) in [6, 6.07) is 0.348. The minimum absolute atomic E-state index is 0.0915. The minimum atomic E-state index is -0.466. The Labute approximate surface area is 175 Å². The quantitative estimate of drug-likeness (QED) is 0.645. The molecule has 0 aromatic heterocycles. The van der Waals surface area contributed by atoms with Crippen LogP contribution in [0.25, 0.3) is 0 Å². The Balaban J connectivity index is 1.90. The second-order valence-electron chi connectivity index (χ2n) is 9.07. The fourth-order valence-corrected chi connectivity index (χ4v) is 4.34. The maximum atomic E-state index is 12.3. The number of hydrogen-bond acceptors (Lipinski definition) is 4. The predicted molar refractivity (Wildman–Crippen MR) is 113 cm³/mol. The zero-order chi connectivity index (χ0) is 20.6. The summed E-state index contributed by atoms with van der Waals surface area (Å²) in [6.07, 6.45) is 7.32. The van der Waals surface area contributed by atoms with Crippen molar-refractivity contribution in [1.82, 2.24) is 15.1 Å². The molecule has 2 amide bonds. The van der Waals surface area contributed by atoms with Crippen molar-refractivity contribution in [2.24, 2.45) is 5.92 Å². The minimum Gasteiger partial charge on any atom is -0.444 e. The van der Waals surface area contributed by atoms with Crippen molar-refractivity contribution in [3.05, 3.63) is 0 Å². The third-order valence-electron chi connectivity index (χ3n) is 5.67. The van der Waals surface area contributed by atoms with E-state index in [0.717, 1.165) is 19.5 Å². The van der Waals surface area contributed by atoms with Gasteiger partial charge < -0.3 is 15.0 Å². The fraction of sp³-hybridized carbons (Fsp3) is 0.905. The molecular weight excluding hydrogens is 378 g/mol. The van der Waals surface area contributed by atoms with Crippen molar-refractivity contribution in [2.45, 2.75) is 77.4 Å². The lowest BCUT2D eigenvalue weighted by Crippen LogP contribution is -2.57. The van der Waals surface area contributed by atoms with E-state index in [2.05, 4.69) is 10.2 Å². The summed E-state index contributed by atoms with van der Waals surface area (Å²) in [6.45, 7) is 9.40. The van der Waals surface area contributed by atoms with E-state index in [0.29, 0.717) is 43.9 Å². The number of carbonyl (C=O) groups excluding carboxylic acids is 2. The van der Waals surface area contributed by atoms with Crippen LogP contribution in [0.2, 0.25) is 0 Å². The monoisotopic (exact) mass is 415 g/mol. The lowest BCUT2D eigenvalue weighted by molar-refractivity contribution is -0.121. The van der Waals surface area contributed by atoms with Crippen molar-refractivity contribution >= 4 is 23.6 Å². The van der Waals surface area contributed by atoms with Crippen LogP contribution in [0.4, 0.5) is 4.79 Å². The highest BCUT2D eigenvalue weighted by Crippen LogP contribution is 2.29. The van der Waals surface area contributed by atoms with Crippen LogP contribution in [0.15, 0.2) is 0 Å². The maximum absolute atomic E-state index is 12.3. The first-order valence-electron chi connectivity index (χ1n) is 10.8. The van der Waals surface area contributed by atoms with E-state index in [1.165, 1.54) is 32.1 Å². The Bertz CT molecular complexity index is 496. The molecule has 2 aliphatic rings. The molecule has 6 nitrogen and oxygen atoms in total. The SMILES string of the molecule is CC(C)(C)OC(=O)N1CCN(C(CNC(=O)CCCCl)C2CCCCC2)CC1. The highest BCUT2D eigenvalue weighted by molar-refractivity contribution is 6.17. The van der Waals surface area contributed by atoms with Crippen molar-refractivity contribution in [1.29, 1.82) is 0 Å². The Kier molecular flexibility index (Phi) is 9.35. The second-order valence-corrected chi connectivity index (χ2v) is 9.44. The molecule has 1 heterocycles. The standard InChI is InChI=1S/C21H38ClN3O3/c1-21(2,3)28-20(27)25-14-12-24(13-15-25)18(17-8-5-4-6-9-17)16-23-19(26)10-7-11-22/h17-18H,4-16H2,1-3H3,(H,23,26). The van der Waals surface area contributed by atoms with E-state index >= 15 is 0 Å². The van der Waals surface area contributed by atoms with Gasteiger partial charge in [-0.15, -0.1) is 11.6 Å². The Morgan fingerprint density at radius 2 is 1.75 bits per heavy atom. The second kappa shape index (κ2) is 11.2. The van der Waals surface area contributed by atoms with E-state index in [4.69, 9.17) is 16.3 Å². The van der Waals surface area contributed by atoms with Crippen molar-refractivity contribution in [3.8, 4) is 0 Å². The molecule has 1 N–H and O–H groups in total. The Morgan fingerprint density at radius 1 is 1.11 bits per heavy atom. The van der Waals surface area contributed by atoms with Crippen LogP contribution < -0.4 is 5.32 Å². The van der Waals surface area contributed by atoms with E-state index in [1.54, 1.807) is 4.90 Å². The van der Waals surface area contributed by atoms with Gasteiger partial charge in [0.1, 0.15) is 5.60 Å². The number of rotatable bonds is 7. The van der Waals surface area contributed by atoms with E-state index < -0.39 is 5.60 Å². The molecule has 0 aromatic rings. The van der Waals surface area contributed by atoms with Crippen molar-refractivity contribution < 1.29 is 14.3 Å². The van der Waals surface area contributed by atoms with Gasteiger partial charge in [0, 0.05) is 51.1 Å². The van der Waals surface area contributed by atoms with Crippen molar-refractivity contribution in [3.63, 3.8) is 0 Å². The van der Waals surface area contributed by atoms with Gasteiger partial charge in [-0.2, -0.15) is 0 Å². The largest absolute Gasteiger partial charge is 0.444 e. The van der Waals surface area contributed by atoms with Gasteiger partial charge in [0.15, 0.2) is 0 Å². The van der Waals surface area contributed by atoms with Crippen LogP contribution in [-0.2, 0) is 9.53 Å². The molecule has 1 saturated carbocycles. The van der Waals surface area contributed by atoms with E-state index in [-0.39, 0.29) is 12.0 Å². The highest BCUT2D eigenvalue weighted by atomic mass is 35.5. The normalized spacial score (nSPS) is 20.6. The van der Waals surface area contributed by atoms with Gasteiger partial charge in [0.25, 0.3) is 0 Å². The van der Waals surface area contributed by atoms with Gasteiger partial charge in [0.2, 0.25) is 5.91 Å². The summed E-state index contributed by atoms with van der Waals surface area (Å²) in [4.78, 5) is 28.7.